The highest BCUT2D eigenvalue weighted by atomic mass is 32.1. The Hall–Kier alpha value is -4.51. The van der Waals surface area contributed by atoms with Crippen molar-refractivity contribution in [3.63, 3.8) is 0 Å². The van der Waals surface area contributed by atoms with Crippen LogP contribution in [0.2, 0.25) is 0 Å². The van der Waals surface area contributed by atoms with Gasteiger partial charge in [-0.05, 0) is 44.0 Å². The Bertz CT molecular complexity index is 1870. The minimum atomic E-state index is -0.551. The first kappa shape index (κ1) is 23.6. The van der Waals surface area contributed by atoms with Crippen molar-refractivity contribution in [1.29, 1.82) is 0 Å². The van der Waals surface area contributed by atoms with E-state index in [0.29, 0.717) is 33.8 Å². The van der Waals surface area contributed by atoms with Gasteiger partial charge in [0.05, 0.1) is 39.4 Å². The second-order valence-corrected chi connectivity index (χ2v) is 11.1. The number of pyridine rings is 3. The fraction of sp³-hybridized carbons (Fsp3) is 0.214. The maximum absolute atomic E-state index is 16.1. The summed E-state index contributed by atoms with van der Waals surface area (Å²) in [6, 6.07) is 7.60. The molecule has 1 fully saturated rings. The summed E-state index contributed by atoms with van der Waals surface area (Å²) < 4.78 is 16.1. The van der Waals surface area contributed by atoms with Crippen molar-refractivity contribution in [1.82, 2.24) is 35.1 Å². The van der Waals surface area contributed by atoms with Gasteiger partial charge in [0.2, 0.25) is 5.91 Å². The molecular weight excluding hydrogens is 515 g/mol. The van der Waals surface area contributed by atoms with Gasteiger partial charge in [0, 0.05) is 28.8 Å². The van der Waals surface area contributed by atoms with Crippen LogP contribution in [0.25, 0.3) is 55.3 Å². The van der Waals surface area contributed by atoms with Crippen molar-refractivity contribution in [3.8, 4) is 33.3 Å². The number of nitrogens with zero attached hydrogens (tertiary/aromatic N) is 5. The van der Waals surface area contributed by atoms with Crippen LogP contribution in [-0.4, -0.2) is 41.0 Å². The normalized spacial score (nSPS) is 14.0. The summed E-state index contributed by atoms with van der Waals surface area (Å²) >= 11 is 1.64. The number of H-pyrrole nitrogens is 2. The second kappa shape index (κ2) is 9.35. The number of carbonyl (C=O) groups is 1. The quantitative estimate of drug-likeness (QED) is 0.238. The summed E-state index contributed by atoms with van der Waals surface area (Å²) in [6.45, 7) is 2.04. The number of amides is 1. The standard InChI is InChI=1S/C28H23FN8OS/c1-14-6-7-20(39-14)25-24-18(8-9-31-25)34-27(35-24)26-21-19(36-37-26)13-32-23(22(21)29)16-10-17(12-30-11-16)33-28(38)15-4-2-3-5-15/h6-13,15H,2-5H2,1H3,(H,33,38)(H,34,35)(H,36,37). The number of anilines is 1. The van der Waals surface area contributed by atoms with Gasteiger partial charge in [-0.1, -0.05) is 12.8 Å². The number of aryl methyl sites for hydroxylation is 1. The van der Waals surface area contributed by atoms with E-state index in [2.05, 4.69) is 35.5 Å². The van der Waals surface area contributed by atoms with E-state index in [4.69, 9.17) is 4.98 Å². The monoisotopic (exact) mass is 538 g/mol. The van der Waals surface area contributed by atoms with E-state index in [-0.39, 0.29) is 22.9 Å². The van der Waals surface area contributed by atoms with Crippen molar-refractivity contribution in [3.05, 3.63) is 59.7 Å². The molecule has 3 N–H and O–H groups in total. The smallest absolute Gasteiger partial charge is 0.227 e. The maximum Gasteiger partial charge on any atom is 0.227 e. The summed E-state index contributed by atoms with van der Waals surface area (Å²) in [7, 11) is 0. The largest absolute Gasteiger partial charge is 0.336 e. The van der Waals surface area contributed by atoms with Gasteiger partial charge in [-0.2, -0.15) is 5.10 Å². The van der Waals surface area contributed by atoms with Gasteiger partial charge < -0.3 is 10.3 Å². The van der Waals surface area contributed by atoms with Gasteiger partial charge in [-0.25, -0.2) is 9.37 Å². The van der Waals surface area contributed by atoms with Crippen LogP contribution < -0.4 is 5.32 Å². The Kier molecular flexibility index (Phi) is 5.66. The molecule has 39 heavy (non-hydrogen) atoms. The number of carbonyl (C=O) groups excluding carboxylic acids is 1. The van der Waals surface area contributed by atoms with Crippen LogP contribution in [0.3, 0.4) is 0 Å². The third kappa shape index (κ3) is 4.15. The van der Waals surface area contributed by atoms with Crippen molar-refractivity contribution < 1.29 is 9.18 Å². The molecule has 1 amide bonds. The molecule has 0 bridgehead atoms. The molecule has 1 aliphatic carbocycles. The summed E-state index contributed by atoms with van der Waals surface area (Å²) in [5.74, 6) is -0.142. The lowest BCUT2D eigenvalue weighted by Crippen LogP contribution is -2.20. The number of fused-ring (bicyclic) bond motifs is 2. The molecule has 7 rings (SSSR count). The molecular formula is C28H23FN8OS. The van der Waals surface area contributed by atoms with Crippen molar-refractivity contribution in [2.24, 2.45) is 5.92 Å². The molecule has 194 valence electrons. The Balaban J connectivity index is 1.28. The third-order valence-corrected chi connectivity index (χ3v) is 8.16. The van der Waals surface area contributed by atoms with Crippen molar-refractivity contribution >= 4 is 44.9 Å². The second-order valence-electron chi connectivity index (χ2n) is 9.77. The predicted octanol–water partition coefficient (Wildman–Crippen LogP) is 6.26. The van der Waals surface area contributed by atoms with Gasteiger partial charge in [-0.15, -0.1) is 11.3 Å². The van der Waals surface area contributed by atoms with E-state index in [1.54, 1.807) is 29.8 Å². The van der Waals surface area contributed by atoms with Crippen molar-refractivity contribution in [2.75, 3.05) is 5.32 Å². The number of rotatable bonds is 5. The number of hydrogen-bond acceptors (Lipinski definition) is 7. The first-order valence-electron chi connectivity index (χ1n) is 12.8. The average Bonchev–Trinajstić information content (AvgIpc) is 3.75. The Morgan fingerprint density at radius 2 is 1.92 bits per heavy atom. The summed E-state index contributed by atoms with van der Waals surface area (Å²) in [4.78, 5) is 36.0. The van der Waals surface area contributed by atoms with Crippen LogP contribution in [0.15, 0.2) is 49.1 Å². The topological polar surface area (TPSA) is 125 Å². The van der Waals surface area contributed by atoms with Gasteiger partial charge >= 0.3 is 0 Å². The molecule has 0 radical (unpaired) electrons. The fourth-order valence-electron chi connectivity index (χ4n) is 5.21. The fourth-order valence-corrected chi connectivity index (χ4v) is 6.07. The average molecular weight is 539 g/mol. The zero-order chi connectivity index (χ0) is 26.5. The molecule has 1 saturated carbocycles. The number of aromatic amines is 2. The molecule has 6 heterocycles. The molecule has 6 aromatic heterocycles. The molecule has 11 heteroatoms. The lowest BCUT2D eigenvalue weighted by Gasteiger charge is -2.11. The van der Waals surface area contributed by atoms with Gasteiger partial charge in [0.15, 0.2) is 11.6 Å². The molecule has 6 aromatic rings. The minimum absolute atomic E-state index is 0.0109. The number of thiophene rings is 1. The van der Waals surface area contributed by atoms with E-state index < -0.39 is 5.82 Å². The molecule has 0 aromatic carbocycles. The highest BCUT2D eigenvalue weighted by molar-refractivity contribution is 7.15. The van der Waals surface area contributed by atoms with E-state index in [0.717, 1.165) is 41.8 Å². The Labute approximate surface area is 226 Å². The lowest BCUT2D eigenvalue weighted by atomic mass is 10.1. The zero-order valence-corrected chi connectivity index (χ0v) is 21.8. The zero-order valence-electron chi connectivity index (χ0n) is 21.0. The first-order chi connectivity index (χ1) is 19.0. The highest BCUT2D eigenvalue weighted by Gasteiger charge is 2.24. The summed E-state index contributed by atoms with van der Waals surface area (Å²) in [6.07, 6.45) is 10.3. The number of hydrogen-bond donors (Lipinski definition) is 3. The van der Waals surface area contributed by atoms with Crippen LogP contribution in [0.5, 0.6) is 0 Å². The van der Waals surface area contributed by atoms with Gasteiger partial charge in [0.1, 0.15) is 22.6 Å². The lowest BCUT2D eigenvalue weighted by molar-refractivity contribution is -0.119. The van der Waals surface area contributed by atoms with Crippen LogP contribution in [0.1, 0.15) is 30.6 Å². The molecule has 0 saturated heterocycles. The van der Waals surface area contributed by atoms with E-state index in [9.17, 15) is 4.79 Å². The van der Waals surface area contributed by atoms with Crippen LogP contribution in [0, 0.1) is 18.7 Å². The van der Waals surface area contributed by atoms with Crippen LogP contribution in [-0.2, 0) is 4.79 Å². The third-order valence-electron chi connectivity index (χ3n) is 7.15. The molecule has 0 spiro atoms. The van der Waals surface area contributed by atoms with E-state index in [1.807, 2.05) is 25.1 Å². The maximum atomic E-state index is 16.1. The van der Waals surface area contributed by atoms with Crippen molar-refractivity contribution in [2.45, 2.75) is 32.6 Å². The molecule has 0 aliphatic heterocycles. The van der Waals surface area contributed by atoms with E-state index >= 15 is 4.39 Å². The van der Waals surface area contributed by atoms with Crippen LogP contribution >= 0.6 is 11.3 Å². The predicted molar refractivity (Wildman–Crippen MR) is 149 cm³/mol. The van der Waals surface area contributed by atoms with Gasteiger partial charge in [0.25, 0.3) is 0 Å². The summed E-state index contributed by atoms with van der Waals surface area (Å²) in [5.41, 5.74) is 4.10. The number of halogens is 1. The van der Waals surface area contributed by atoms with Crippen LogP contribution in [0.4, 0.5) is 10.1 Å². The molecule has 1 aliphatic rings. The summed E-state index contributed by atoms with van der Waals surface area (Å²) in [5, 5.41) is 10.4. The Morgan fingerprint density at radius 3 is 2.74 bits per heavy atom. The molecule has 0 atom stereocenters. The molecule has 0 unspecified atom stereocenters. The molecule has 9 nitrogen and oxygen atoms in total. The highest BCUT2D eigenvalue weighted by Crippen LogP contribution is 2.35. The minimum Gasteiger partial charge on any atom is -0.336 e. The first-order valence-corrected chi connectivity index (χ1v) is 13.6. The SMILES string of the molecule is Cc1ccc(-c2nccc3[nH]c(-c4n[nH]c5cnc(-c6cncc(NC(=O)C7CCCC7)c6)c(F)c45)nc23)s1. The number of aromatic nitrogens is 7. The van der Waals surface area contributed by atoms with Gasteiger partial charge in [-0.3, -0.25) is 24.8 Å². The number of nitrogens with one attached hydrogen (secondary N) is 3. The van der Waals surface area contributed by atoms with E-state index in [1.165, 1.54) is 17.3 Å². The Morgan fingerprint density at radius 1 is 1.05 bits per heavy atom. The number of imidazole rings is 1.